The SMILES string of the molecule is CSc1ccc(C(=O)N2CCCN(C(=O)Oc3ccccc3)CC2)cc1. The minimum atomic E-state index is -0.366. The maximum Gasteiger partial charge on any atom is 0.415 e. The van der Waals surface area contributed by atoms with Gasteiger partial charge in [-0.2, -0.15) is 0 Å². The molecule has 1 fully saturated rings. The van der Waals surface area contributed by atoms with Crippen molar-refractivity contribution in [2.75, 3.05) is 32.4 Å². The maximum atomic E-state index is 12.7. The van der Waals surface area contributed by atoms with E-state index >= 15 is 0 Å². The van der Waals surface area contributed by atoms with Gasteiger partial charge in [0.05, 0.1) is 0 Å². The zero-order valence-corrected chi connectivity index (χ0v) is 15.6. The van der Waals surface area contributed by atoms with E-state index in [2.05, 4.69) is 0 Å². The molecule has 0 saturated carbocycles. The van der Waals surface area contributed by atoms with Gasteiger partial charge >= 0.3 is 6.09 Å². The van der Waals surface area contributed by atoms with Crippen LogP contribution in [0.2, 0.25) is 0 Å². The van der Waals surface area contributed by atoms with Crippen LogP contribution in [0.15, 0.2) is 59.5 Å². The quantitative estimate of drug-likeness (QED) is 0.772. The molecule has 0 unspecified atom stereocenters. The molecule has 2 amide bonds. The van der Waals surface area contributed by atoms with Crippen molar-refractivity contribution in [3.05, 3.63) is 60.2 Å². The molecule has 0 N–H and O–H groups in total. The molecule has 26 heavy (non-hydrogen) atoms. The summed E-state index contributed by atoms with van der Waals surface area (Å²) in [4.78, 5) is 29.6. The highest BCUT2D eigenvalue weighted by Crippen LogP contribution is 2.17. The molecule has 0 atom stereocenters. The van der Waals surface area contributed by atoms with Gasteiger partial charge in [-0.25, -0.2) is 4.79 Å². The summed E-state index contributed by atoms with van der Waals surface area (Å²) in [6.45, 7) is 2.20. The van der Waals surface area contributed by atoms with Gasteiger partial charge in [-0.05, 0) is 49.1 Å². The molecule has 6 heteroatoms. The molecule has 0 radical (unpaired) electrons. The van der Waals surface area contributed by atoms with E-state index in [-0.39, 0.29) is 12.0 Å². The Bertz CT molecular complexity index is 749. The van der Waals surface area contributed by atoms with Gasteiger partial charge in [-0.15, -0.1) is 11.8 Å². The molecule has 5 nitrogen and oxygen atoms in total. The lowest BCUT2D eigenvalue weighted by molar-refractivity contribution is 0.0760. The molecule has 2 aromatic carbocycles. The van der Waals surface area contributed by atoms with E-state index < -0.39 is 0 Å². The number of amides is 2. The number of hydrogen-bond donors (Lipinski definition) is 0. The molecular formula is C20H22N2O3S. The number of nitrogens with zero attached hydrogens (tertiary/aromatic N) is 2. The average molecular weight is 370 g/mol. The topological polar surface area (TPSA) is 49.9 Å². The fraction of sp³-hybridized carbons (Fsp3) is 0.300. The van der Waals surface area contributed by atoms with Crippen LogP contribution in [0, 0.1) is 0 Å². The third-order valence-corrected chi connectivity index (χ3v) is 5.07. The third-order valence-electron chi connectivity index (χ3n) is 4.33. The number of ether oxygens (including phenoxy) is 1. The van der Waals surface area contributed by atoms with Crippen LogP contribution >= 0.6 is 11.8 Å². The molecule has 136 valence electrons. The Morgan fingerprint density at radius 1 is 0.885 bits per heavy atom. The minimum Gasteiger partial charge on any atom is -0.410 e. The summed E-state index contributed by atoms with van der Waals surface area (Å²) in [7, 11) is 0. The Kier molecular flexibility index (Phi) is 6.17. The largest absolute Gasteiger partial charge is 0.415 e. The second kappa shape index (κ2) is 8.76. The van der Waals surface area contributed by atoms with E-state index in [4.69, 9.17) is 4.74 Å². The molecule has 0 bridgehead atoms. The van der Waals surface area contributed by atoms with E-state index in [0.29, 0.717) is 37.5 Å². The third kappa shape index (κ3) is 4.58. The van der Waals surface area contributed by atoms with Crippen LogP contribution < -0.4 is 4.74 Å². The lowest BCUT2D eigenvalue weighted by Gasteiger charge is -2.22. The first kappa shape index (κ1) is 18.3. The first-order chi connectivity index (χ1) is 12.7. The molecule has 0 aliphatic carbocycles. The van der Waals surface area contributed by atoms with Crippen molar-refractivity contribution >= 4 is 23.8 Å². The van der Waals surface area contributed by atoms with Crippen molar-refractivity contribution in [2.45, 2.75) is 11.3 Å². The zero-order valence-electron chi connectivity index (χ0n) is 14.8. The number of benzene rings is 2. The molecule has 1 aliphatic heterocycles. The molecule has 1 saturated heterocycles. The summed E-state index contributed by atoms with van der Waals surface area (Å²) in [6.07, 6.45) is 2.38. The summed E-state index contributed by atoms with van der Waals surface area (Å²) in [5.41, 5.74) is 0.683. The highest BCUT2D eigenvalue weighted by atomic mass is 32.2. The smallest absolute Gasteiger partial charge is 0.410 e. The average Bonchev–Trinajstić information content (AvgIpc) is 2.94. The van der Waals surface area contributed by atoms with Gasteiger partial charge in [0.25, 0.3) is 5.91 Å². The van der Waals surface area contributed by atoms with Crippen molar-refractivity contribution in [1.29, 1.82) is 0 Å². The summed E-state index contributed by atoms with van der Waals surface area (Å²) in [5, 5.41) is 0. The van der Waals surface area contributed by atoms with Gasteiger partial charge in [0.2, 0.25) is 0 Å². The molecule has 2 aromatic rings. The van der Waals surface area contributed by atoms with E-state index in [1.165, 1.54) is 0 Å². The van der Waals surface area contributed by atoms with E-state index in [9.17, 15) is 9.59 Å². The minimum absolute atomic E-state index is 0.0101. The predicted molar refractivity (Wildman–Crippen MR) is 103 cm³/mol. The number of carbonyl (C=O) groups is 2. The van der Waals surface area contributed by atoms with Gasteiger partial charge < -0.3 is 14.5 Å². The monoisotopic (exact) mass is 370 g/mol. The van der Waals surface area contributed by atoms with Crippen LogP contribution in [-0.4, -0.2) is 54.2 Å². The van der Waals surface area contributed by atoms with E-state index in [1.54, 1.807) is 28.8 Å². The van der Waals surface area contributed by atoms with E-state index in [1.807, 2.05) is 53.6 Å². The second-order valence-electron chi connectivity index (χ2n) is 6.04. The van der Waals surface area contributed by atoms with Gasteiger partial charge in [-0.3, -0.25) is 4.79 Å². The summed E-state index contributed by atoms with van der Waals surface area (Å²) in [5.74, 6) is 0.541. The van der Waals surface area contributed by atoms with Gasteiger partial charge in [0.15, 0.2) is 0 Å². The molecule has 0 spiro atoms. The molecule has 1 heterocycles. The summed E-state index contributed by atoms with van der Waals surface area (Å²) >= 11 is 1.65. The van der Waals surface area contributed by atoms with Crippen LogP contribution in [0.1, 0.15) is 16.8 Å². The Morgan fingerprint density at radius 3 is 2.23 bits per heavy atom. The van der Waals surface area contributed by atoms with Gasteiger partial charge in [-0.1, -0.05) is 18.2 Å². The zero-order chi connectivity index (χ0) is 18.4. The molecular weight excluding hydrogens is 348 g/mol. The fourth-order valence-corrected chi connectivity index (χ4v) is 3.28. The van der Waals surface area contributed by atoms with Crippen molar-refractivity contribution in [3.63, 3.8) is 0 Å². The fourth-order valence-electron chi connectivity index (χ4n) is 2.87. The summed E-state index contributed by atoms with van der Waals surface area (Å²) < 4.78 is 5.40. The standard InChI is InChI=1S/C20H22N2O3S/c1-26-18-10-8-16(9-11-18)19(23)21-12-5-13-22(15-14-21)20(24)25-17-6-3-2-4-7-17/h2-4,6-11H,5,12-15H2,1H3. The van der Waals surface area contributed by atoms with Crippen LogP contribution in [0.25, 0.3) is 0 Å². The van der Waals surface area contributed by atoms with Gasteiger partial charge in [0.1, 0.15) is 5.75 Å². The number of para-hydroxylation sites is 1. The Hall–Kier alpha value is -2.47. The van der Waals surface area contributed by atoms with E-state index in [0.717, 1.165) is 11.3 Å². The maximum absolute atomic E-state index is 12.7. The van der Waals surface area contributed by atoms with Crippen molar-refractivity contribution < 1.29 is 14.3 Å². The molecule has 1 aliphatic rings. The Morgan fingerprint density at radius 2 is 1.54 bits per heavy atom. The lowest BCUT2D eigenvalue weighted by Crippen LogP contribution is -2.38. The van der Waals surface area contributed by atoms with Crippen LogP contribution in [0.4, 0.5) is 4.79 Å². The van der Waals surface area contributed by atoms with Crippen molar-refractivity contribution in [2.24, 2.45) is 0 Å². The predicted octanol–water partition coefficient (Wildman–Crippen LogP) is 3.76. The van der Waals surface area contributed by atoms with Crippen molar-refractivity contribution in [1.82, 2.24) is 9.80 Å². The van der Waals surface area contributed by atoms with Crippen LogP contribution in [0.5, 0.6) is 5.75 Å². The van der Waals surface area contributed by atoms with Crippen LogP contribution in [-0.2, 0) is 0 Å². The summed E-state index contributed by atoms with van der Waals surface area (Å²) in [6, 6.07) is 16.7. The highest BCUT2D eigenvalue weighted by molar-refractivity contribution is 7.98. The van der Waals surface area contributed by atoms with Gasteiger partial charge in [0, 0.05) is 36.6 Å². The molecule has 3 rings (SSSR count). The lowest BCUT2D eigenvalue weighted by atomic mass is 10.2. The Balaban J connectivity index is 1.58. The first-order valence-corrected chi connectivity index (χ1v) is 9.85. The number of hydrogen-bond acceptors (Lipinski definition) is 4. The number of rotatable bonds is 3. The van der Waals surface area contributed by atoms with Crippen LogP contribution in [0.3, 0.4) is 0 Å². The van der Waals surface area contributed by atoms with Crippen molar-refractivity contribution in [3.8, 4) is 5.75 Å². The number of thioether (sulfide) groups is 1. The Labute approximate surface area is 157 Å². The highest BCUT2D eigenvalue weighted by Gasteiger charge is 2.23. The normalized spacial score (nSPS) is 14.7. The second-order valence-corrected chi connectivity index (χ2v) is 6.92. The number of carbonyl (C=O) groups excluding carboxylic acids is 2. The first-order valence-electron chi connectivity index (χ1n) is 8.62. The molecule has 0 aromatic heterocycles.